The Labute approximate surface area is 194 Å². The van der Waals surface area contributed by atoms with Crippen molar-refractivity contribution in [2.45, 2.75) is 20.4 Å². The van der Waals surface area contributed by atoms with Gasteiger partial charge >= 0.3 is 5.69 Å². The number of methoxy groups -OCH3 is 1. The van der Waals surface area contributed by atoms with Gasteiger partial charge in [-0.1, -0.05) is 35.9 Å². The molecule has 4 aromatic rings. The van der Waals surface area contributed by atoms with Crippen molar-refractivity contribution >= 4 is 34.2 Å². The van der Waals surface area contributed by atoms with Crippen molar-refractivity contribution in [1.29, 1.82) is 0 Å². The Balaban J connectivity index is 1.94. The molecule has 9 heteroatoms. The Kier molecular flexibility index (Phi) is 6.02. The van der Waals surface area contributed by atoms with Crippen molar-refractivity contribution in [2.24, 2.45) is 0 Å². The van der Waals surface area contributed by atoms with Gasteiger partial charge in [0, 0.05) is 5.69 Å². The van der Waals surface area contributed by atoms with E-state index in [1.165, 1.54) is 11.7 Å². The summed E-state index contributed by atoms with van der Waals surface area (Å²) in [6, 6.07) is 15.4. The molecule has 2 aromatic heterocycles. The molecule has 1 N–H and O–H groups in total. The summed E-state index contributed by atoms with van der Waals surface area (Å²) in [5, 5.41) is 3.24. The summed E-state index contributed by atoms with van der Waals surface area (Å²) in [6.07, 6.45) is 0. The van der Waals surface area contributed by atoms with Gasteiger partial charge in [0.1, 0.15) is 12.3 Å². The second-order valence-electron chi connectivity index (χ2n) is 7.49. The number of hydrogen-bond donors (Lipinski definition) is 1. The molecular weight excluding hydrogens is 444 g/mol. The number of aromatic nitrogens is 3. The van der Waals surface area contributed by atoms with Crippen LogP contribution in [0.2, 0.25) is 5.02 Å². The average Bonchev–Trinajstić information content (AvgIpc) is 2.78. The molecule has 0 spiro atoms. The van der Waals surface area contributed by atoms with Crippen LogP contribution in [0.15, 0.2) is 64.2 Å². The molecule has 0 aliphatic carbocycles. The van der Waals surface area contributed by atoms with Crippen molar-refractivity contribution in [1.82, 2.24) is 14.1 Å². The van der Waals surface area contributed by atoms with Gasteiger partial charge in [-0.3, -0.25) is 9.59 Å². The standard InChI is InChI=1S/C24H21ClN4O4/c1-14-12-15(2)26-22-21(14)23(31)28(13-20(30)27-17-9-5-4-8-16(17)25)24(32)29(22)18-10-6-7-11-19(18)33-3/h4-12H,13H2,1-3H3,(H,27,30). The zero-order valence-electron chi connectivity index (χ0n) is 18.3. The highest BCUT2D eigenvalue weighted by Gasteiger charge is 2.21. The van der Waals surface area contributed by atoms with Crippen LogP contribution in [-0.2, 0) is 11.3 Å². The number of para-hydroxylation sites is 3. The van der Waals surface area contributed by atoms with Crippen LogP contribution in [0.25, 0.3) is 16.7 Å². The first kappa shape index (κ1) is 22.3. The van der Waals surface area contributed by atoms with Crippen molar-refractivity contribution in [2.75, 3.05) is 12.4 Å². The molecule has 0 saturated heterocycles. The monoisotopic (exact) mass is 464 g/mol. The summed E-state index contributed by atoms with van der Waals surface area (Å²) in [5.41, 5.74) is 0.992. The molecule has 0 saturated carbocycles. The number of aryl methyl sites for hydroxylation is 2. The van der Waals surface area contributed by atoms with E-state index in [4.69, 9.17) is 16.3 Å². The molecule has 0 aliphatic heterocycles. The van der Waals surface area contributed by atoms with E-state index in [-0.39, 0.29) is 11.0 Å². The number of amides is 1. The molecule has 0 aliphatic rings. The van der Waals surface area contributed by atoms with Gasteiger partial charge in [0.15, 0.2) is 5.65 Å². The number of rotatable bonds is 5. The Morgan fingerprint density at radius 2 is 1.79 bits per heavy atom. The zero-order valence-corrected chi connectivity index (χ0v) is 19.0. The summed E-state index contributed by atoms with van der Waals surface area (Å²) in [5.74, 6) is -0.140. The third-order valence-electron chi connectivity index (χ3n) is 5.19. The predicted molar refractivity (Wildman–Crippen MR) is 128 cm³/mol. The maximum absolute atomic E-state index is 13.6. The van der Waals surface area contributed by atoms with E-state index < -0.39 is 23.7 Å². The number of anilines is 1. The largest absolute Gasteiger partial charge is 0.495 e. The Hall–Kier alpha value is -3.91. The molecule has 0 fully saturated rings. The van der Waals surface area contributed by atoms with E-state index in [1.807, 2.05) is 0 Å². The van der Waals surface area contributed by atoms with Crippen molar-refractivity contribution < 1.29 is 9.53 Å². The molecule has 0 radical (unpaired) electrons. The highest BCUT2D eigenvalue weighted by Crippen LogP contribution is 2.24. The lowest BCUT2D eigenvalue weighted by atomic mass is 10.1. The molecular formula is C24H21ClN4O4. The number of carbonyl (C=O) groups excluding carboxylic acids is 1. The number of carbonyl (C=O) groups is 1. The summed E-state index contributed by atoms with van der Waals surface area (Å²) in [4.78, 5) is 44.2. The van der Waals surface area contributed by atoms with E-state index in [0.717, 1.165) is 4.57 Å². The first-order chi connectivity index (χ1) is 15.8. The lowest BCUT2D eigenvalue weighted by Gasteiger charge is -2.17. The molecule has 33 heavy (non-hydrogen) atoms. The van der Waals surface area contributed by atoms with Gasteiger partial charge in [-0.2, -0.15) is 0 Å². The number of nitrogens with one attached hydrogen (secondary N) is 1. The topological polar surface area (TPSA) is 95.2 Å². The summed E-state index contributed by atoms with van der Waals surface area (Å²) >= 11 is 6.11. The van der Waals surface area contributed by atoms with Crippen molar-refractivity contribution in [3.8, 4) is 11.4 Å². The second kappa shape index (κ2) is 8.91. The van der Waals surface area contributed by atoms with Crippen LogP contribution in [0, 0.1) is 13.8 Å². The predicted octanol–water partition coefficient (Wildman–Crippen LogP) is 3.46. The van der Waals surface area contributed by atoms with Crippen LogP contribution in [0.4, 0.5) is 5.69 Å². The Morgan fingerprint density at radius 3 is 2.52 bits per heavy atom. The van der Waals surface area contributed by atoms with E-state index in [9.17, 15) is 14.4 Å². The molecule has 4 rings (SSSR count). The Bertz CT molecular complexity index is 1510. The van der Waals surface area contributed by atoms with E-state index in [1.54, 1.807) is 68.4 Å². The molecule has 8 nitrogen and oxygen atoms in total. The van der Waals surface area contributed by atoms with Crippen LogP contribution >= 0.6 is 11.6 Å². The lowest BCUT2D eigenvalue weighted by Crippen LogP contribution is -2.42. The van der Waals surface area contributed by atoms with Crippen LogP contribution < -0.4 is 21.3 Å². The van der Waals surface area contributed by atoms with Crippen LogP contribution in [0.3, 0.4) is 0 Å². The normalized spacial score (nSPS) is 10.9. The average molecular weight is 465 g/mol. The minimum absolute atomic E-state index is 0.203. The molecule has 168 valence electrons. The fourth-order valence-electron chi connectivity index (χ4n) is 3.74. The smallest absolute Gasteiger partial charge is 0.337 e. The SMILES string of the molecule is COc1ccccc1-n1c(=O)n(CC(=O)Nc2ccccc2Cl)c(=O)c2c(C)cc(C)nc21. The molecule has 1 amide bonds. The number of benzene rings is 2. The second-order valence-corrected chi connectivity index (χ2v) is 7.90. The third kappa shape index (κ3) is 4.12. The van der Waals surface area contributed by atoms with E-state index in [2.05, 4.69) is 10.3 Å². The summed E-state index contributed by atoms with van der Waals surface area (Å²) in [6.45, 7) is 3.05. The van der Waals surface area contributed by atoms with Crippen molar-refractivity contribution in [3.05, 3.63) is 91.7 Å². The molecule has 0 atom stereocenters. The van der Waals surface area contributed by atoms with Crippen LogP contribution in [0.1, 0.15) is 11.3 Å². The fourth-order valence-corrected chi connectivity index (χ4v) is 3.93. The van der Waals surface area contributed by atoms with Gasteiger partial charge in [0.2, 0.25) is 5.91 Å². The van der Waals surface area contributed by atoms with Gasteiger partial charge in [0.25, 0.3) is 5.56 Å². The van der Waals surface area contributed by atoms with Gasteiger partial charge in [-0.05, 0) is 49.7 Å². The maximum atomic E-state index is 13.6. The minimum atomic E-state index is -0.705. The molecule has 2 aromatic carbocycles. The number of halogens is 1. The van der Waals surface area contributed by atoms with Gasteiger partial charge in [0.05, 0.1) is 28.9 Å². The number of pyridine rings is 1. The summed E-state index contributed by atoms with van der Waals surface area (Å²) < 4.78 is 7.64. The first-order valence-corrected chi connectivity index (χ1v) is 10.5. The number of fused-ring (bicyclic) bond motifs is 1. The minimum Gasteiger partial charge on any atom is -0.495 e. The summed E-state index contributed by atoms with van der Waals surface area (Å²) in [7, 11) is 1.49. The van der Waals surface area contributed by atoms with Crippen LogP contribution in [-0.4, -0.2) is 27.1 Å². The van der Waals surface area contributed by atoms with Gasteiger partial charge in [-0.15, -0.1) is 0 Å². The molecule has 0 unspecified atom stereocenters. The third-order valence-corrected chi connectivity index (χ3v) is 5.52. The van der Waals surface area contributed by atoms with Crippen molar-refractivity contribution in [3.63, 3.8) is 0 Å². The Morgan fingerprint density at radius 1 is 1.09 bits per heavy atom. The van der Waals surface area contributed by atoms with E-state index in [0.29, 0.717) is 33.4 Å². The first-order valence-electron chi connectivity index (χ1n) is 10.1. The lowest BCUT2D eigenvalue weighted by molar-refractivity contribution is -0.116. The van der Waals surface area contributed by atoms with Crippen LogP contribution in [0.5, 0.6) is 5.75 Å². The molecule has 0 bridgehead atoms. The zero-order chi connectivity index (χ0) is 23.7. The quantitative estimate of drug-likeness (QED) is 0.488. The number of ether oxygens (including phenoxy) is 1. The number of nitrogens with zero attached hydrogens (tertiary/aromatic N) is 3. The van der Waals surface area contributed by atoms with E-state index >= 15 is 0 Å². The highest BCUT2D eigenvalue weighted by molar-refractivity contribution is 6.33. The number of hydrogen-bond acceptors (Lipinski definition) is 5. The highest BCUT2D eigenvalue weighted by atomic mass is 35.5. The fraction of sp³-hybridized carbons (Fsp3) is 0.167. The molecule has 2 heterocycles. The van der Waals surface area contributed by atoms with Gasteiger partial charge in [-0.25, -0.2) is 18.9 Å². The maximum Gasteiger partial charge on any atom is 0.337 e. The van der Waals surface area contributed by atoms with Gasteiger partial charge < -0.3 is 10.1 Å².